The van der Waals surface area contributed by atoms with Crippen LogP contribution in [0.4, 0.5) is 4.79 Å². The van der Waals surface area contributed by atoms with Gasteiger partial charge < -0.3 is 4.74 Å². The maximum absolute atomic E-state index is 10.7. The summed E-state index contributed by atoms with van der Waals surface area (Å²) < 4.78 is 29.0. The minimum atomic E-state index is -3.87. The number of rotatable bonds is 3. The maximum atomic E-state index is 10.7. The first-order chi connectivity index (χ1) is 5.52. The molecule has 68 valence electrons. The first kappa shape index (κ1) is 10.7. The van der Waals surface area contributed by atoms with Crippen LogP contribution in [0.5, 0.6) is 0 Å². The van der Waals surface area contributed by atoms with Crippen molar-refractivity contribution in [3.63, 3.8) is 0 Å². The van der Waals surface area contributed by atoms with Crippen LogP contribution in [0.2, 0.25) is 0 Å². The van der Waals surface area contributed by atoms with Crippen LogP contribution in [-0.4, -0.2) is 28.2 Å². The number of amides is 1. The zero-order chi connectivity index (χ0) is 9.61. The Kier molecular flexibility index (Phi) is 4.10. The average molecular weight is 192 g/mol. The summed E-state index contributed by atoms with van der Waals surface area (Å²) in [5, 5.41) is 0. The van der Waals surface area contributed by atoms with Crippen LogP contribution in [0.3, 0.4) is 0 Å². The van der Waals surface area contributed by atoms with Gasteiger partial charge in [-0.3, -0.25) is 0 Å². The zero-order valence-electron chi connectivity index (χ0n) is 6.33. The van der Waals surface area contributed by atoms with Crippen molar-refractivity contribution < 1.29 is 17.9 Å². The molecule has 0 saturated heterocycles. The Bertz CT molecular complexity index is 289. The summed E-state index contributed by atoms with van der Waals surface area (Å²) in [5.41, 5.74) is 0. The van der Waals surface area contributed by atoms with Gasteiger partial charge in [-0.15, -0.1) is 6.42 Å². The van der Waals surface area contributed by atoms with E-state index in [9.17, 15) is 13.2 Å². The third-order valence-corrected chi connectivity index (χ3v) is 1.73. The number of carbonyl (C=O) groups excluding carboxylic acids is 1. The SMILES string of the molecule is C#CCNS(=O)(=O)NC(=O)OC. The minimum Gasteiger partial charge on any atom is -0.452 e. The van der Waals surface area contributed by atoms with Gasteiger partial charge in [0.1, 0.15) is 0 Å². The highest BCUT2D eigenvalue weighted by molar-refractivity contribution is 7.88. The van der Waals surface area contributed by atoms with E-state index >= 15 is 0 Å². The lowest BCUT2D eigenvalue weighted by molar-refractivity contribution is 0.177. The van der Waals surface area contributed by atoms with Crippen molar-refractivity contribution in [3.8, 4) is 12.3 Å². The second-order valence-electron chi connectivity index (χ2n) is 1.62. The summed E-state index contributed by atoms with van der Waals surface area (Å²) in [6, 6.07) is 0. The second-order valence-corrected chi connectivity index (χ2v) is 3.12. The summed E-state index contributed by atoms with van der Waals surface area (Å²) in [6.45, 7) is -0.188. The molecule has 0 aromatic heterocycles. The maximum Gasteiger partial charge on any atom is 0.421 e. The van der Waals surface area contributed by atoms with E-state index in [0.29, 0.717) is 0 Å². The highest BCUT2D eigenvalue weighted by Crippen LogP contribution is 1.78. The molecule has 0 radical (unpaired) electrons. The van der Waals surface area contributed by atoms with E-state index < -0.39 is 16.3 Å². The summed E-state index contributed by atoms with van der Waals surface area (Å²) in [4.78, 5) is 10.4. The number of terminal acetylenes is 1. The molecule has 0 aliphatic carbocycles. The Labute approximate surface area is 70.5 Å². The fourth-order valence-corrected chi connectivity index (χ4v) is 0.972. The van der Waals surface area contributed by atoms with Crippen molar-refractivity contribution in [1.82, 2.24) is 9.44 Å². The van der Waals surface area contributed by atoms with Gasteiger partial charge in [0.2, 0.25) is 0 Å². The lowest BCUT2D eigenvalue weighted by Gasteiger charge is -2.03. The third kappa shape index (κ3) is 4.54. The topological polar surface area (TPSA) is 84.5 Å². The third-order valence-electron chi connectivity index (χ3n) is 0.767. The number of hydrogen-bond acceptors (Lipinski definition) is 4. The number of nitrogens with one attached hydrogen (secondary N) is 2. The number of ether oxygens (including phenoxy) is 1. The summed E-state index contributed by atoms with van der Waals surface area (Å²) in [7, 11) is -2.82. The molecule has 7 heteroatoms. The van der Waals surface area contributed by atoms with E-state index in [4.69, 9.17) is 6.42 Å². The van der Waals surface area contributed by atoms with Crippen molar-refractivity contribution >= 4 is 16.3 Å². The Balaban J connectivity index is 4.07. The van der Waals surface area contributed by atoms with Gasteiger partial charge in [0, 0.05) is 0 Å². The van der Waals surface area contributed by atoms with Crippen molar-refractivity contribution in [2.24, 2.45) is 0 Å². The van der Waals surface area contributed by atoms with Crippen LogP contribution in [0, 0.1) is 12.3 Å². The average Bonchev–Trinajstić information content (AvgIpc) is 2.00. The van der Waals surface area contributed by atoms with E-state index in [1.54, 1.807) is 4.72 Å². The molecule has 0 aliphatic rings. The molecule has 0 heterocycles. The Morgan fingerprint density at radius 3 is 2.67 bits per heavy atom. The van der Waals surface area contributed by atoms with E-state index in [1.165, 1.54) is 0 Å². The van der Waals surface area contributed by atoms with Crippen molar-refractivity contribution in [2.75, 3.05) is 13.7 Å². The molecular formula is C5H8N2O4S. The number of hydrogen-bond donors (Lipinski definition) is 2. The molecule has 0 aromatic carbocycles. The van der Waals surface area contributed by atoms with Gasteiger partial charge >= 0.3 is 16.3 Å². The van der Waals surface area contributed by atoms with Gasteiger partial charge in [0.05, 0.1) is 13.7 Å². The molecule has 1 amide bonds. The van der Waals surface area contributed by atoms with Gasteiger partial charge in [0.25, 0.3) is 0 Å². The van der Waals surface area contributed by atoms with E-state index in [-0.39, 0.29) is 6.54 Å². The van der Waals surface area contributed by atoms with E-state index in [2.05, 4.69) is 4.74 Å². The molecular weight excluding hydrogens is 184 g/mol. The lowest BCUT2D eigenvalue weighted by Crippen LogP contribution is -2.40. The van der Waals surface area contributed by atoms with Crippen LogP contribution < -0.4 is 9.44 Å². The van der Waals surface area contributed by atoms with Crippen molar-refractivity contribution in [3.05, 3.63) is 0 Å². The number of methoxy groups -OCH3 is 1. The molecule has 0 bridgehead atoms. The Morgan fingerprint density at radius 2 is 2.25 bits per heavy atom. The second kappa shape index (κ2) is 4.58. The lowest BCUT2D eigenvalue weighted by atomic mass is 10.7. The van der Waals surface area contributed by atoms with Crippen LogP contribution in [0.15, 0.2) is 0 Å². The highest BCUT2D eigenvalue weighted by atomic mass is 32.2. The van der Waals surface area contributed by atoms with Crippen LogP contribution in [-0.2, 0) is 14.9 Å². The molecule has 0 atom stereocenters. The largest absolute Gasteiger partial charge is 0.452 e. The smallest absolute Gasteiger partial charge is 0.421 e. The zero-order valence-corrected chi connectivity index (χ0v) is 7.14. The standard InChI is InChI=1S/C5H8N2O4S/c1-3-4-6-12(9,10)7-5(8)11-2/h1,6H,4H2,2H3,(H,7,8). The first-order valence-electron chi connectivity index (χ1n) is 2.80. The predicted molar refractivity (Wildman–Crippen MR) is 41.3 cm³/mol. The Hall–Kier alpha value is -1.26. The fourth-order valence-electron chi connectivity index (χ4n) is 0.324. The normalized spacial score (nSPS) is 10.0. The van der Waals surface area contributed by atoms with Crippen LogP contribution in [0.25, 0.3) is 0 Å². The predicted octanol–water partition coefficient (Wildman–Crippen LogP) is -1.19. The molecule has 2 N–H and O–H groups in total. The van der Waals surface area contributed by atoms with Gasteiger partial charge in [0.15, 0.2) is 0 Å². The summed E-state index contributed by atoms with van der Waals surface area (Å²) in [5.74, 6) is 2.03. The van der Waals surface area contributed by atoms with E-state index in [1.807, 2.05) is 10.6 Å². The van der Waals surface area contributed by atoms with Crippen LogP contribution in [0.1, 0.15) is 0 Å². The van der Waals surface area contributed by atoms with E-state index in [0.717, 1.165) is 7.11 Å². The van der Waals surface area contributed by atoms with Crippen molar-refractivity contribution in [1.29, 1.82) is 0 Å². The monoisotopic (exact) mass is 192 g/mol. The molecule has 0 aromatic rings. The highest BCUT2D eigenvalue weighted by Gasteiger charge is 2.12. The molecule has 0 fully saturated rings. The molecule has 0 aliphatic heterocycles. The molecule has 0 rings (SSSR count). The molecule has 0 saturated carbocycles. The van der Waals surface area contributed by atoms with Crippen LogP contribution >= 0.6 is 0 Å². The summed E-state index contributed by atoms with van der Waals surface area (Å²) >= 11 is 0. The molecule has 0 spiro atoms. The Morgan fingerprint density at radius 1 is 1.67 bits per heavy atom. The van der Waals surface area contributed by atoms with Gasteiger partial charge in [-0.2, -0.15) is 13.1 Å². The summed E-state index contributed by atoms with van der Waals surface area (Å²) in [6.07, 6.45) is 3.71. The van der Waals surface area contributed by atoms with Gasteiger partial charge in [-0.1, -0.05) is 5.92 Å². The number of carbonyl (C=O) groups is 1. The molecule has 12 heavy (non-hydrogen) atoms. The van der Waals surface area contributed by atoms with Crippen molar-refractivity contribution in [2.45, 2.75) is 0 Å². The first-order valence-corrected chi connectivity index (χ1v) is 4.29. The minimum absolute atomic E-state index is 0.188. The molecule has 0 unspecified atom stereocenters. The molecule has 6 nitrogen and oxygen atoms in total. The van der Waals surface area contributed by atoms with Gasteiger partial charge in [-0.05, 0) is 0 Å². The quantitative estimate of drug-likeness (QED) is 0.551. The van der Waals surface area contributed by atoms with Gasteiger partial charge in [-0.25, -0.2) is 9.52 Å². The fraction of sp³-hybridized carbons (Fsp3) is 0.400.